The lowest BCUT2D eigenvalue weighted by Crippen LogP contribution is -2.44. The molecule has 0 atom stereocenters. The molecule has 4 heteroatoms. The topological polar surface area (TPSA) is 49.6 Å². The highest BCUT2D eigenvalue weighted by atomic mass is 16.2. The third kappa shape index (κ3) is 4.24. The maximum Gasteiger partial charge on any atom is 0.237 e. The van der Waals surface area contributed by atoms with Crippen molar-refractivity contribution in [3.05, 3.63) is 0 Å². The molecule has 0 saturated heterocycles. The maximum absolute atomic E-state index is 11.4. The lowest BCUT2D eigenvalue weighted by molar-refractivity contribution is -0.145. The second kappa shape index (κ2) is 6.86. The number of carbonyl (C=O) groups excluding carboxylic acids is 1. The zero-order valence-corrected chi connectivity index (χ0v) is 8.92. The van der Waals surface area contributed by atoms with Crippen molar-refractivity contribution in [2.75, 3.05) is 26.7 Å². The number of nitrogens with zero attached hydrogens (tertiary/aromatic N) is 2. The fourth-order valence-corrected chi connectivity index (χ4v) is 1.22. The molecule has 0 aliphatic heterocycles. The predicted octanol–water partition coefficient (Wildman–Crippen LogP) is 0.441. The quantitative estimate of drug-likeness (QED) is 0.614. The second-order valence-corrected chi connectivity index (χ2v) is 3.00. The van der Waals surface area contributed by atoms with E-state index in [1.54, 1.807) is 12.1 Å². The molecule has 0 radical (unpaired) electrons. The number of rotatable bonds is 6. The fourth-order valence-electron chi connectivity index (χ4n) is 1.22. The Morgan fingerprint density at radius 1 is 1.38 bits per heavy atom. The van der Waals surface area contributed by atoms with Gasteiger partial charge in [-0.3, -0.25) is 9.80 Å². The van der Waals surface area contributed by atoms with E-state index in [4.69, 9.17) is 5.73 Å². The highest BCUT2D eigenvalue weighted by molar-refractivity contribution is 5.75. The van der Waals surface area contributed by atoms with Gasteiger partial charge in [-0.1, -0.05) is 13.8 Å². The highest BCUT2D eigenvalue weighted by Crippen LogP contribution is 1.98. The molecule has 0 heterocycles. The Labute approximate surface area is 80.7 Å². The van der Waals surface area contributed by atoms with Crippen LogP contribution in [0.2, 0.25) is 0 Å². The summed E-state index contributed by atoms with van der Waals surface area (Å²) in [5.41, 5.74) is 5.32. The van der Waals surface area contributed by atoms with E-state index in [0.29, 0.717) is 13.0 Å². The van der Waals surface area contributed by atoms with Crippen molar-refractivity contribution < 1.29 is 4.79 Å². The first-order valence-corrected chi connectivity index (χ1v) is 4.88. The van der Waals surface area contributed by atoms with E-state index >= 15 is 0 Å². The Bertz CT molecular complexity index is 150. The van der Waals surface area contributed by atoms with Crippen molar-refractivity contribution in [2.45, 2.75) is 26.7 Å². The molecule has 0 saturated carbocycles. The van der Waals surface area contributed by atoms with Crippen molar-refractivity contribution in [3.8, 4) is 0 Å². The Hall–Kier alpha value is -0.610. The van der Waals surface area contributed by atoms with Gasteiger partial charge < -0.3 is 5.73 Å². The third-order valence-corrected chi connectivity index (χ3v) is 1.99. The van der Waals surface area contributed by atoms with E-state index in [2.05, 4.69) is 6.92 Å². The molecule has 0 aromatic carbocycles. The number of hydrazine groups is 1. The van der Waals surface area contributed by atoms with E-state index < -0.39 is 0 Å². The van der Waals surface area contributed by atoms with Crippen LogP contribution >= 0.6 is 0 Å². The first kappa shape index (κ1) is 12.4. The maximum atomic E-state index is 11.4. The summed E-state index contributed by atoms with van der Waals surface area (Å²) in [6, 6.07) is 0. The molecule has 0 spiro atoms. The Morgan fingerprint density at radius 3 is 2.38 bits per heavy atom. The number of hydrogen-bond acceptors (Lipinski definition) is 3. The second-order valence-electron chi connectivity index (χ2n) is 3.00. The van der Waals surface area contributed by atoms with Crippen molar-refractivity contribution >= 4 is 5.91 Å². The van der Waals surface area contributed by atoms with Gasteiger partial charge >= 0.3 is 0 Å². The van der Waals surface area contributed by atoms with Gasteiger partial charge in [-0.25, -0.2) is 5.01 Å². The molecule has 1 amide bonds. The molecule has 0 rings (SSSR count). The Kier molecular flexibility index (Phi) is 6.54. The van der Waals surface area contributed by atoms with Crippen LogP contribution in [0, 0.1) is 0 Å². The summed E-state index contributed by atoms with van der Waals surface area (Å²) < 4.78 is 0. The first-order chi connectivity index (χ1) is 6.17. The van der Waals surface area contributed by atoms with E-state index in [1.165, 1.54) is 0 Å². The molecule has 4 nitrogen and oxygen atoms in total. The van der Waals surface area contributed by atoms with Gasteiger partial charge in [0.25, 0.3) is 0 Å². The minimum Gasteiger partial charge on any atom is -0.330 e. The number of amides is 1. The van der Waals surface area contributed by atoms with Crippen LogP contribution in [0.1, 0.15) is 26.7 Å². The van der Waals surface area contributed by atoms with Crippen LogP contribution < -0.4 is 5.73 Å². The molecule has 0 aliphatic carbocycles. The number of carbonyl (C=O) groups is 1. The van der Waals surface area contributed by atoms with Gasteiger partial charge in [0.1, 0.15) is 0 Å². The molecular weight excluding hydrogens is 166 g/mol. The molecule has 0 fully saturated rings. The Balaban J connectivity index is 4.02. The lowest BCUT2D eigenvalue weighted by atomic mass is 10.4. The van der Waals surface area contributed by atoms with E-state index in [9.17, 15) is 4.79 Å². The smallest absolute Gasteiger partial charge is 0.237 e. The molecule has 0 unspecified atom stereocenters. The first-order valence-electron chi connectivity index (χ1n) is 4.88. The number of hydrogen-bond donors (Lipinski definition) is 1. The molecule has 78 valence electrons. The van der Waals surface area contributed by atoms with Crippen molar-refractivity contribution in [1.29, 1.82) is 0 Å². The summed E-state index contributed by atoms with van der Waals surface area (Å²) in [5, 5.41) is 3.70. The summed E-state index contributed by atoms with van der Waals surface area (Å²) in [6.07, 6.45) is 1.48. The van der Waals surface area contributed by atoms with Gasteiger partial charge in [-0.2, -0.15) is 0 Å². The molecule has 0 aromatic heterocycles. The van der Waals surface area contributed by atoms with E-state index in [1.807, 2.05) is 11.9 Å². The molecule has 2 N–H and O–H groups in total. The SMILES string of the molecule is CCCN(CC)N(C)C(=O)CCN. The highest BCUT2D eigenvalue weighted by Gasteiger charge is 2.13. The molecule has 0 bridgehead atoms. The molecule has 0 aliphatic rings. The zero-order valence-electron chi connectivity index (χ0n) is 8.92. The van der Waals surface area contributed by atoms with Crippen LogP contribution in [0.5, 0.6) is 0 Å². The van der Waals surface area contributed by atoms with Gasteiger partial charge in [0.2, 0.25) is 5.91 Å². The van der Waals surface area contributed by atoms with Crippen LogP contribution in [0.3, 0.4) is 0 Å². The van der Waals surface area contributed by atoms with Crippen LogP contribution in [0.15, 0.2) is 0 Å². The largest absolute Gasteiger partial charge is 0.330 e. The summed E-state index contributed by atoms with van der Waals surface area (Å²) in [4.78, 5) is 11.4. The average molecular weight is 187 g/mol. The van der Waals surface area contributed by atoms with E-state index in [-0.39, 0.29) is 5.91 Å². The minimum atomic E-state index is 0.0952. The van der Waals surface area contributed by atoms with Gasteiger partial charge in [-0.15, -0.1) is 0 Å². The van der Waals surface area contributed by atoms with Gasteiger partial charge in [-0.05, 0) is 6.42 Å². The van der Waals surface area contributed by atoms with Gasteiger partial charge in [0.15, 0.2) is 0 Å². The zero-order chi connectivity index (χ0) is 10.3. The van der Waals surface area contributed by atoms with Gasteiger partial charge in [0, 0.05) is 33.1 Å². The standard InChI is InChI=1S/C9H21N3O/c1-4-8-12(5-2)11(3)9(13)6-7-10/h4-8,10H2,1-3H3. The van der Waals surface area contributed by atoms with Crippen molar-refractivity contribution in [1.82, 2.24) is 10.0 Å². The van der Waals surface area contributed by atoms with Crippen molar-refractivity contribution in [2.24, 2.45) is 5.73 Å². The number of nitrogens with two attached hydrogens (primary N) is 1. The minimum absolute atomic E-state index is 0.0952. The lowest BCUT2D eigenvalue weighted by Gasteiger charge is -2.30. The van der Waals surface area contributed by atoms with Crippen LogP contribution in [-0.4, -0.2) is 42.6 Å². The fraction of sp³-hybridized carbons (Fsp3) is 0.889. The summed E-state index contributed by atoms with van der Waals surface area (Å²) in [7, 11) is 1.80. The third-order valence-electron chi connectivity index (χ3n) is 1.99. The summed E-state index contributed by atoms with van der Waals surface area (Å²) in [6.45, 7) is 6.35. The average Bonchev–Trinajstić information content (AvgIpc) is 2.13. The summed E-state index contributed by atoms with van der Waals surface area (Å²) in [5.74, 6) is 0.0952. The Morgan fingerprint density at radius 2 is 2.00 bits per heavy atom. The predicted molar refractivity (Wildman–Crippen MR) is 54.0 cm³/mol. The molecule has 0 aromatic rings. The van der Waals surface area contributed by atoms with Gasteiger partial charge in [0.05, 0.1) is 0 Å². The van der Waals surface area contributed by atoms with Crippen LogP contribution in [-0.2, 0) is 4.79 Å². The van der Waals surface area contributed by atoms with Crippen molar-refractivity contribution in [3.63, 3.8) is 0 Å². The van der Waals surface area contributed by atoms with Crippen LogP contribution in [0.4, 0.5) is 0 Å². The molecular formula is C9H21N3O. The van der Waals surface area contributed by atoms with E-state index in [0.717, 1.165) is 19.5 Å². The monoisotopic (exact) mass is 187 g/mol. The van der Waals surface area contributed by atoms with Crippen LogP contribution in [0.25, 0.3) is 0 Å². The normalized spacial score (nSPS) is 10.5. The summed E-state index contributed by atoms with van der Waals surface area (Å²) >= 11 is 0. The molecule has 13 heavy (non-hydrogen) atoms.